The fourth-order valence-corrected chi connectivity index (χ4v) is 3.70. The molecule has 7 nitrogen and oxygen atoms in total. The number of aliphatic hydroxyl groups is 1. The highest BCUT2D eigenvalue weighted by Gasteiger charge is 2.27. The zero-order valence-corrected chi connectivity index (χ0v) is 15.3. The van der Waals surface area contributed by atoms with Gasteiger partial charge in [-0.15, -0.1) is 0 Å². The van der Waals surface area contributed by atoms with E-state index in [1.807, 2.05) is 17.0 Å². The fraction of sp³-hybridized carbons (Fsp3) is 0.350. The number of carbonyl (C=O) groups excluding carboxylic acids is 1. The average molecular weight is 365 g/mol. The van der Waals surface area contributed by atoms with Crippen LogP contribution in [-0.2, 0) is 0 Å². The molecule has 1 amide bonds. The SMILES string of the molecule is Cc1cccc(C(CO)N2CCN(C(=O)c3ccc4n[nH]nc4c3)CC2)c1. The van der Waals surface area contributed by atoms with Crippen molar-refractivity contribution in [1.29, 1.82) is 0 Å². The number of hydrogen-bond acceptors (Lipinski definition) is 5. The van der Waals surface area contributed by atoms with Gasteiger partial charge in [0.05, 0.1) is 12.6 Å². The number of carbonyl (C=O) groups is 1. The molecular weight excluding hydrogens is 342 g/mol. The number of nitrogens with one attached hydrogen (secondary N) is 1. The predicted octanol–water partition coefficient (Wildman–Crippen LogP) is 1.76. The van der Waals surface area contributed by atoms with E-state index in [9.17, 15) is 9.90 Å². The minimum atomic E-state index is -0.0337. The molecule has 1 aromatic heterocycles. The number of fused-ring (bicyclic) bond motifs is 1. The van der Waals surface area contributed by atoms with Crippen molar-refractivity contribution in [2.75, 3.05) is 32.8 Å². The lowest BCUT2D eigenvalue weighted by atomic mass is 10.0. The summed E-state index contributed by atoms with van der Waals surface area (Å²) in [7, 11) is 0. The number of aromatic amines is 1. The molecular formula is C20H23N5O2. The van der Waals surface area contributed by atoms with Crippen molar-refractivity contribution in [3.63, 3.8) is 0 Å². The topological polar surface area (TPSA) is 85.4 Å². The molecule has 1 atom stereocenters. The summed E-state index contributed by atoms with van der Waals surface area (Å²) in [6.45, 7) is 4.87. The van der Waals surface area contributed by atoms with Crippen LogP contribution in [0.15, 0.2) is 42.5 Å². The zero-order chi connectivity index (χ0) is 18.8. The number of aliphatic hydroxyl groups excluding tert-OH is 1. The lowest BCUT2D eigenvalue weighted by Gasteiger charge is -2.39. The Morgan fingerprint density at radius 2 is 1.89 bits per heavy atom. The molecule has 140 valence electrons. The lowest BCUT2D eigenvalue weighted by molar-refractivity contribution is 0.0477. The van der Waals surface area contributed by atoms with E-state index >= 15 is 0 Å². The number of rotatable bonds is 4. The summed E-state index contributed by atoms with van der Waals surface area (Å²) in [5.74, 6) is 0.00986. The van der Waals surface area contributed by atoms with E-state index in [4.69, 9.17) is 0 Å². The normalized spacial score (nSPS) is 16.6. The van der Waals surface area contributed by atoms with Gasteiger partial charge in [0, 0.05) is 31.7 Å². The van der Waals surface area contributed by atoms with E-state index < -0.39 is 0 Å². The summed E-state index contributed by atoms with van der Waals surface area (Å²) in [6, 6.07) is 13.6. The second kappa shape index (κ2) is 7.46. The number of benzene rings is 2. The molecule has 0 spiro atoms. The third-order valence-corrected chi connectivity index (χ3v) is 5.21. The molecule has 2 N–H and O–H groups in total. The summed E-state index contributed by atoms with van der Waals surface area (Å²) in [6.07, 6.45) is 0. The molecule has 0 radical (unpaired) electrons. The quantitative estimate of drug-likeness (QED) is 0.736. The number of amides is 1. The molecule has 1 aliphatic rings. The molecule has 2 heterocycles. The van der Waals surface area contributed by atoms with E-state index in [-0.39, 0.29) is 18.6 Å². The Balaban J connectivity index is 1.43. The number of aromatic nitrogens is 3. The minimum Gasteiger partial charge on any atom is -0.394 e. The van der Waals surface area contributed by atoms with Crippen molar-refractivity contribution in [3.8, 4) is 0 Å². The highest BCUT2D eigenvalue weighted by molar-refractivity contribution is 5.97. The molecule has 0 saturated carbocycles. The molecule has 1 aliphatic heterocycles. The van der Waals surface area contributed by atoms with Gasteiger partial charge < -0.3 is 10.0 Å². The highest BCUT2D eigenvalue weighted by atomic mass is 16.3. The van der Waals surface area contributed by atoms with Gasteiger partial charge in [0.15, 0.2) is 0 Å². The predicted molar refractivity (Wildman–Crippen MR) is 102 cm³/mol. The van der Waals surface area contributed by atoms with Gasteiger partial charge in [0.25, 0.3) is 5.91 Å². The average Bonchev–Trinajstić information content (AvgIpc) is 3.16. The second-order valence-corrected chi connectivity index (χ2v) is 6.97. The van der Waals surface area contributed by atoms with Gasteiger partial charge in [-0.3, -0.25) is 9.69 Å². The minimum absolute atomic E-state index is 0.00986. The molecule has 0 bridgehead atoms. The number of H-pyrrole nitrogens is 1. The Bertz CT molecular complexity index is 946. The first kappa shape index (κ1) is 17.6. The van der Waals surface area contributed by atoms with Gasteiger partial charge >= 0.3 is 0 Å². The van der Waals surface area contributed by atoms with Crippen molar-refractivity contribution in [2.45, 2.75) is 13.0 Å². The molecule has 4 rings (SSSR count). The summed E-state index contributed by atoms with van der Waals surface area (Å²) in [4.78, 5) is 16.9. The van der Waals surface area contributed by atoms with E-state index in [2.05, 4.69) is 45.4 Å². The summed E-state index contributed by atoms with van der Waals surface area (Å²) >= 11 is 0. The van der Waals surface area contributed by atoms with E-state index in [1.165, 1.54) is 5.56 Å². The van der Waals surface area contributed by atoms with Gasteiger partial charge in [0.1, 0.15) is 11.0 Å². The monoisotopic (exact) mass is 365 g/mol. The van der Waals surface area contributed by atoms with E-state index in [0.717, 1.165) is 24.2 Å². The molecule has 1 saturated heterocycles. The first-order valence-electron chi connectivity index (χ1n) is 9.17. The van der Waals surface area contributed by atoms with Crippen LogP contribution in [0.4, 0.5) is 0 Å². The van der Waals surface area contributed by atoms with Gasteiger partial charge in [-0.05, 0) is 30.7 Å². The Morgan fingerprint density at radius 3 is 2.63 bits per heavy atom. The van der Waals surface area contributed by atoms with Gasteiger partial charge in [-0.2, -0.15) is 15.4 Å². The molecule has 3 aromatic rings. The van der Waals surface area contributed by atoms with Crippen molar-refractivity contribution in [2.24, 2.45) is 0 Å². The van der Waals surface area contributed by atoms with Crippen LogP contribution in [-0.4, -0.2) is 69.0 Å². The van der Waals surface area contributed by atoms with Crippen LogP contribution >= 0.6 is 0 Å². The van der Waals surface area contributed by atoms with Crippen LogP contribution in [0, 0.1) is 6.92 Å². The first-order chi connectivity index (χ1) is 13.2. The molecule has 1 fully saturated rings. The van der Waals surface area contributed by atoms with Gasteiger partial charge in [-0.1, -0.05) is 29.8 Å². The van der Waals surface area contributed by atoms with E-state index in [0.29, 0.717) is 24.2 Å². The maximum absolute atomic E-state index is 12.8. The van der Waals surface area contributed by atoms with Crippen LogP contribution in [0.3, 0.4) is 0 Å². The molecule has 2 aromatic carbocycles. The number of nitrogens with zero attached hydrogens (tertiary/aromatic N) is 4. The number of aryl methyl sites for hydroxylation is 1. The maximum atomic E-state index is 12.8. The third-order valence-electron chi connectivity index (χ3n) is 5.21. The summed E-state index contributed by atoms with van der Waals surface area (Å²) in [5, 5.41) is 20.6. The van der Waals surface area contributed by atoms with Crippen LogP contribution in [0.2, 0.25) is 0 Å². The smallest absolute Gasteiger partial charge is 0.254 e. The van der Waals surface area contributed by atoms with Crippen LogP contribution in [0.1, 0.15) is 27.5 Å². The molecule has 1 unspecified atom stereocenters. The zero-order valence-electron chi connectivity index (χ0n) is 15.3. The van der Waals surface area contributed by atoms with Crippen molar-refractivity contribution >= 4 is 16.9 Å². The van der Waals surface area contributed by atoms with E-state index in [1.54, 1.807) is 12.1 Å². The van der Waals surface area contributed by atoms with Crippen LogP contribution < -0.4 is 0 Å². The summed E-state index contributed by atoms with van der Waals surface area (Å²) in [5.41, 5.74) is 4.37. The maximum Gasteiger partial charge on any atom is 0.254 e. The van der Waals surface area contributed by atoms with Crippen molar-refractivity contribution in [1.82, 2.24) is 25.2 Å². The standard InChI is InChI=1S/C20H23N5O2/c1-14-3-2-4-15(11-14)19(13-26)24-7-9-25(10-8-24)20(27)16-5-6-17-18(12-16)22-23-21-17/h2-6,11-12,19,26H,7-10,13H2,1H3,(H,21,22,23). The van der Waals surface area contributed by atoms with Crippen molar-refractivity contribution in [3.05, 3.63) is 59.2 Å². The molecule has 27 heavy (non-hydrogen) atoms. The van der Waals surface area contributed by atoms with Crippen molar-refractivity contribution < 1.29 is 9.90 Å². The Labute approximate surface area is 157 Å². The molecule has 0 aliphatic carbocycles. The molecule has 7 heteroatoms. The number of piperazine rings is 1. The van der Waals surface area contributed by atoms with Gasteiger partial charge in [0.2, 0.25) is 0 Å². The number of hydrogen-bond donors (Lipinski definition) is 2. The third kappa shape index (κ3) is 3.56. The lowest BCUT2D eigenvalue weighted by Crippen LogP contribution is -2.50. The highest BCUT2D eigenvalue weighted by Crippen LogP contribution is 2.23. The Morgan fingerprint density at radius 1 is 1.11 bits per heavy atom. The van der Waals surface area contributed by atoms with Gasteiger partial charge in [-0.25, -0.2) is 0 Å². The Kier molecular flexibility index (Phi) is 4.87. The Hall–Kier alpha value is -2.77. The largest absolute Gasteiger partial charge is 0.394 e. The fourth-order valence-electron chi connectivity index (χ4n) is 3.70. The first-order valence-corrected chi connectivity index (χ1v) is 9.17. The summed E-state index contributed by atoms with van der Waals surface area (Å²) < 4.78 is 0. The second-order valence-electron chi connectivity index (χ2n) is 6.97. The van der Waals surface area contributed by atoms with Crippen LogP contribution in [0.5, 0.6) is 0 Å². The van der Waals surface area contributed by atoms with Crippen LogP contribution in [0.25, 0.3) is 11.0 Å².